The van der Waals surface area contributed by atoms with E-state index in [1.165, 1.54) is 51.4 Å². The Balaban J connectivity index is 2.45. The molecule has 1 aromatic rings. The van der Waals surface area contributed by atoms with E-state index in [1.807, 2.05) is 25.1 Å². The molecule has 0 amide bonds. The van der Waals surface area contributed by atoms with Crippen molar-refractivity contribution in [2.24, 2.45) is 0 Å². The maximum Gasteiger partial charge on any atom is 0.508 e. The quantitative estimate of drug-likeness (QED) is 0.0489. The molecule has 8 heteroatoms. The molecule has 0 fully saturated rings. The van der Waals surface area contributed by atoms with E-state index in [0.717, 1.165) is 68.4 Å². The zero-order chi connectivity index (χ0) is 33.0. The Hall–Kier alpha value is -2.16. The lowest BCUT2D eigenvalue weighted by atomic mass is 10.1. The number of hydrogen-bond acceptors (Lipinski definition) is 8. The van der Waals surface area contributed by atoms with Crippen LogP contribution >= 0.6 is 0 Å². The van der Waals surface area contributed by atoms with Gasteiger partial charge in [-0.1, -0.05) is 110 Å². The summed E-state index contributed by atoms with van der Waals surface area (Å²) in [7, 11) is 0. The maximum absolute atomic E-state index is 12.6. The van der Waals surface area contributed by atoms with Crippen molar-refractivity contribution < 1.29 is 33.3 Å². The fourth-order valence-electron chi connectivity index (χ4n) is 5.16. The number of carbonyl (C=O) groups excluding carboxylic acids is 2. The normalized spacial score (nSPS) is 11.4. The molecule has 0 aliphatic rings. The number of aryl methyl sites for hydroxylation is 1. The summed E-state index contributed by atoms with van der Waals surface area (Å²) in [4.78, 5) is 27.0. The Morgan fingerprint density at radius 3 is 1.73 bits per heavy atom. The summed E-state index contributed by atoms with van der Waals surface area (Å²) in [5, 5.41) is 0. The Morgan fingerprint density at radius 1 is 0.644 bits per heavy atom. The van der Waals surface area contributed by atoms with Gasteiger partial charge in [-0.3, -0.25) is 4.79 Å². The van der Waals surface area contributed by atoms with Crippen molar-refractivity contribution in [3.05, 3.63) is 34.9 Å². The molecule has 260 valence electrons. The van der Waals surface area contributed by atoms with Gasteiger partial charge in [-0.15, -0.1) is 0 Å². The Bertz CT molecular complexity index is 856. The van der Waals surface area contributed by atoms with Crippen LogP contribution in [0.2, 0.25) is 0 Å². The lowest BCUT2D eigenvalue weighted by Gasteiger charge is -2.18. The Morgan fingerprint density at radius 2 is 1.18 bits per heavy atom. The van der Waals surface area contributed by atoms with Gasteiger partial charge in [0.05, 0.1) is 13.0 Å². The molecule has 0 heterocycles. The second-order valence-corrected chi connectivity index (χ2v) is 12.0. The van der Waals surface area contributed by atoms with Crippen LogP contribution in [-0.2, 0) is 41.7 Å². The molecule has 0 spiro atoms. The second kappa shape index (κ2) is 28.1. The highest BCUT2D eigenvalue weighted by atomic mass is 16.7. The summed E-state index contributed by atoms with van der Waals surface area (Å²) >= 11 is 0. The highest BCUT2D eigenvalue weighted by Crippen LogP contribution is 2.15. The first kappa shape index (κ1) is 40.9. The van der Waals surface area contributed by atoms with Gasteiger partial charge in [0.25, 0.3) is 0 Å². The number of rotatable bonds is 29. The average Bonchev–Trinajstić information content (AvgIpc) is 3.03. The van der Waals surface area contributed by atoms with Crippen molar-refractivity contribution in [2.45, 2.75) is 150 Å². The van der Waals surface area contributed by atoms with E-state index in [1.54, 1.807) is 0 Å². The van der Waals surface area contributed by atoms with Gasteiger partial charge in [0.1, 0.15) is 13.2 Å². The third-order valence-electron chi connectivity index (χ3n) is 7.87. The van der Waals surface area contributed by atoms with Crippen LogP contribution in [0.4, 0.5) is 4.79 Å². The summed E-state index contributed by atoms with van der Waals surface area (Å²) in [6.07, 6.45) is 14.9. The average molecular weight is 636 g/mol. The molecular formula is C37H65NO7. The van der Waals surface area contributed by atoms with Crippen LogP contribution in [0.5, 0.6) is 0 Å². The molecule has 0 aliphatic carbocycles. The van der Waals surface area contributed by atoms with E-state index in [4.69, 9.17) is 23.7 Å². The first-order valence-electron chi connectivity index (χ1n) is 17.9. The molecule has 1 aromatic carbocycles. The van der Waals surface area contributed by atoms with Gasteiger partial charge in [-0.25, -0.2) is 4.79 Å². The second-order valence-electron chi connectivity index (χ2n) is 12.0. The fourth-order valence-corrected chi connectivity index (χ4v) is 5.16. The maximum atomic E-state index is 12.6. The number of carbonyl (C=O) groups is 2. The van der Waals surface area contributed by atoms with Crippen LogP contribution in [-0.4, -0.2) is 62.8 Å². The lowest BCUT2D eigenvalue weighted by Crippen LogP contribution is -2.25. The van der Waals surface area contributed by atoms with Gasteiger partial charge in [-0.2, -0.15) is 0 Å². The number of ether oxygens (including phenoxy) is 5. The molecule has 0 aliphatic heterocycles. The first-order chi connectivity index (χ1) is 21.9. The van der Waals surface area contributed by atoms with E-state index in [2.05, 4.69) is 32.6 Å². The topological polar surface area (TPSA) is 83.5 Å². The zero-order valence-corrected chi connectivity index (χ0v) is 29.4. The van der Waals surface area contributed by atoms with E-state index < -0.39 is 6.16 Å². The third kappa shape index (κ3) is 22.9. The Kier molecular flexibility index (Phi) is 25.5. The molecular weight excluding hydrogens is 570 g/mol. The van der Waals surface area contributed by atoms with Crippen LogP contribution in [0.3, 0.4) is 0 Å². The fraction of sp³-hybridized carbons (Fsp3) is 0.784. The number of hydrogen-bond donors (Lipinski definition) is 0. The molecule has 8 nitrogen and oxygen atoms in total. The van der Waals surface area contributed by atoms with Gasteiger partial charge in [-0.05, 0) is 56.5 Å². The highest BCUT2D eigenvalue weighted by molar-refractivity contribution is 5.69. The molecule has 0 radical (unpaired) electrons. The van der Waals surface area contributed by atoms with Gasteiger partial charge in [0.2, 0.25) is 0 Å². The molecule has 1 rings (SSSR count). The first-order valence-corrected chi connectivity index (χ1v) is 17.9. The summed E-state index contributed by atoms with van der Waals surface area (Å²) < 4.78 is 28.2. The number of nitrogens with zero attached hydrogens (tertiary/aromatic N) is 1. The van der Waals surface area contributed by atoms with E-state index in [9.17, 15) is 9.59 Å². The lowest BCUT2D eigenvalue weighted by molar-refractivity contribution is -0.160. The van der Waals surface area contributed by atoms with Crippen molar-refractivity contribution in [2.75, 3.05) is 39.5 Å². The molecule has 0 N–H and O–H groups in total. The predicted octanol–water partition coefficient (Wildman–Crippen LogP) is 9.28. The summed E-state index contributed by atoms with van der Waals surface area (Å²) in [6, 6.07) is 5.81. The van der Waals surface area contributed by atoms with Crippen LogP contribution < -0.4 is 0 Å². The third-order valence-corrected chi connectivity index (χ3v) is 7.87. The van der Waals surface area contributed by atoms with Crippen molar-refractivity contribution in [1.29, 1.82) is 0 Å². The van der Waals surface area contributed by atoms with Crippen LogP contribution in [0.1, 0.15) is 141 Å². The number of benzene rings is 1. The minimum absolute atomic E-state index is 0.102. The summed E-state index contributed by atoms with van der Waals surface area (Å²) in [5.41, 5.74) is 2.68. The van der Waals surface area contributed by atoms with Gasteiger partial charge >= 0.3 is 12.1 Å². The largest absolute Gasteiger partial charge is 0.508 e. The van der Waals surface area contributed by atoms with Crippen LogP contribution in [0.15, 0.2) is 18.2 Å². The van der Waals surface area contributed by atoms with Crippen LogP contribution in [0, 0.1) is 6.92 Å². The van der Waals surface area contributed by atoms with Crippen molar-refractivity contribution in [3.63, 3.8) is 0 Å². The van der Waals surface area contributed by atoms with E-state index >= 15 is 0 Å². The number of esters is 1. The Labute approximate surface area is 274 Å². The molecule has 0 bridgehead atoms. The predicted molar refractivity (Wildman–Crippen MR) is 181 cm³/mol. The van der Waals surface area contributed by atoms with Crippen molar-refractivity contribution in [3.8, 4) is 0 Å². The van der Waals surface area contributed by atoms with Gasteiger partial charge in [0.15, 0.2) is 6.29 Å². The molecule has 0 saturated heterocycles. The number of unbranched alkanes of at least 4 members (excludes halogenated alkanes) is 10. The summed E-state index contributed by atoms with van der Waals surface area (Å²) in [6.45, 7) is 15.4. The smallest absolute Gasteiger partial charge is 0.461 e. The van der Waals surface area contributed by atoms with Gasteiger partial charge in [0, 0.05) is 26.2 Å². The minimum Gasteiger partial charge on any atom is -0.461 e. The SMILES string of the molecule is CCCCCCCCOC(CCC(=O)OCc1cc(C)cc(COC(=O)OCCCN(CC)CC)c1)OCCCCCCCC. The van der Waals surface area contributed by atoms with Gasteiger partial charge < -0.3 is 28.6 Å². The molecule has 0 atom stereocenters. The minimum atomic E-state index is -0.670. The van der Waals surface area contributed by atoms with Crippen molar-refractivity contribution in [1.82, 2.24) is 4.90 Å². The molecule has 0 unspecified atom stereocenters. The molecule has 45 heavy (non-hydrogen) atoms. The molecule has 0 saturated carbocycles. The standard InChI is InChI=1S/C37H65NO7/c1-6-10-12-14-16-18-24-41-36(42-25-19-17-15-13-11-7-2)22-21-35(39)44-30-33-27-32(5)28-34(29-33)31-45-37(40)43-26-20-23-38(8-3)9-4/h27-29,36H,6-26,30-31H2,1-5H3. The van der Waals surface area contributed by atoms with Crippen LogP contribution in [0.25, 0.3) is 0 Å². The zero-order valence-electron chi connectivity index (χ0n) is 29.4. The highest BCUT2D eigenvalue weighted by Gasteiger charge is 2.14. The van der Waals surface area contributed by atoms with E-state index in [-0.39, 0.29) is 31.9 Å². The monoisotopic (exact) mass is 635 g/mol. The van der Waals surface area contributed by atoms with Crippen molar-refractivity contribution >= 4 is 12.1 Å². The summed E-state index contributed by atoms with van der Waals surface area (Å²) in [5.74, 6) is -0.279. The van der Waals surface area contributed by atoms with E-state index in [0.29, 0.717) is 26.2 Å². The molecule has 0 aromatic heterocycles.